The van der Waals surface area contributed by atoms with Gasteiger partial charge in [0.05, 0.1) is 18.0 Å². The number of hydrogen-bond donors (Lipinski definition) is 1. The first-order valence-electron chi connectivity index (χ1n) is 10.2. The quantitative estimate of drug-likeness (QED) is 0.437. The highest BCUT2D eigenvalue weighted by Crippen LogP contribution is 2.32. The lowest BCUT2D eigenvalue weighted by Gasteiger charge is -2.17. The number of fused-ring (bicyclic) bond motifs is 2. The van der Waals surface area contributed by atoms with Gasteiger partial charge in [0.1, 0.15) is 18.1 Å². The van der Waals surface area contributed by atoms with Crippen LogP contribution in [0.4, 0.5) is 0 Å². The molecular formula is C23H26N4O3. The summed E-state index contributed by atoms with van der Waals surface area (Å²) in [4.78, 5) is 14.6. The highest BCUT2D eigenvalue weighted by molar-refractivity contribution is 5.86. The number of benzene rings is 2. The molecule has 0 radical (unpaired) electrons. The van der Waals surface area contributed by atoms with Gasteiger partial charge in [0.2, 0.25) is 5.88 Å². The second kappa shape index (κ2) is 9.00. The van der Waals surface area contributed by atoms with Crippen LogP contribution in [0.15, 0.2) is 48.7 Å². The molecule has 30 heavy (non-hydrogen) atoms. The third-order valence-electron chi connectivity index (χ3n) is 5.12. The Bertz CT molecular complexity index is 1140. The van der Waals surface area contributed by atoms with Crippen LogP contribution in [0.2, 0.25) is 0 Å². The standard InChI is InChI=1S/C23H26N4O3/c1-4-27(5-2)12-13-29-23-25-21-9-6-17(28-3)15-19(21)22(26-23)30-18-7-8-20-16(14-18)10-11-24-20/h6-11,14-15,24H,4-5,12-13H2,1-3H3. The summed E-state index contributed by atoms with van der Waals surface area (Å²) in [7, 11) is 1.63. The first-order valence-corrected chi connectivity index (χ1v) is 10.2. The fraction of sp³-hybridized carbons (Fsp3) is 0.304. The molecule has 4 aromatic rings. The minimum absolute atomic E-state index is 0.303. The number of aromatic nitrogens is 3. The normalized spacial score (nSPS) is 11.3. The maximum absolute atomic E-state index is 6.17. The van der Waals surface area contributed by atoms with Gasteiger partial charge in [-0.3, -0.25) is 0 Å². The maximum atomic E-state index is 6.17. The van der Waals surface area contributed by atoms with Crippen LogP contribution in [-0.4, -0.2) is 53.2 Å². The molecule has 1 N–H and O–H groups in total. The van der Waals surface area contributed by atoms with E-state index in [4.69, 9.17) is 14.2 Å². The van der Waals surface area contributed by atoms with E-state index in [1.54, 1.807) is 7.11 Å². The molecule has 0 spiro atoms. The second-order valence-electron chi connectivity index (χ2n) is 6.90. The molecule has 0 amide bonds. The lowest BCUT2D eigenvalue weighted by Crippen LogP contribution is -2.28. The van der Waals surface area contributed by atoms with Gasteiger partial charge < -0.3 is 24.1 Å². The zero-order valence-corrected chi connectivity index (χ0v) is 17.5. The molecular weight excluding hydrogens is 380 g/mol. The van der Waals surface area contributed by atoms with Crippen molar-refractivity contribution in [1.29, 1.82) is 0 Å². The third-order valence-corrected chi connectivity index (χ3v) is 5.12. The average Bonchev–Trinajstić information content (AvgIpc) is 3.24. The van der Waals surface area contributed by atoms with E-state index in [1.165, 1.54) is 0 Å². The molecule has 2 heterocycles. The number of nitrogens with zero attached hydrogens (tertiary/aromatic N) is 3. The summed E-state index contributed by atoms with van der Waals surface area (Å²) in [5.41, 5.74) is 1.79. The van der Waals surface area contributed by atoms with Gasteiger partial charge in [-0.05, 0) is 55.6 Å². The van der Waals surface area contributed by atoms with Crippen molar-refractivity contribution in [2.75, 3.05) is 33.4 Å². The Morgan fingerprint density at radius 1 is 0.967 bits per heavy atom. The minimum Gasteiger partial charge on any atom is -0.497 e. The first-order chi connectivity index (χ1) is 14.7. The Labute approximate surface area is 175 Å². The zero-order valence-electron chi connectivity index (χ0n) is 17.5. The predicted octanol–water partition coefficient (Wildman–Crippen LogP) is 4.63. The summed E-state index contributed by atoms with van der Waals surface area (Å²) in [6.45, 7) is 7.56. The number of ether oxygens (including phenoxy) is 3. The average molecular weight is 406 g/mol. The predicted molar refractivity (Wildman–Crippen MR) is 118 cm³/mol. The number of likely N-dealkylation sites (N-methyl/N-ethyl adjacent to an activating group) is 1. The lowest BCUT2D eigenvalue weighted by atomic mass is 10.2. The van der Waals surface area contributed by atoms with Crippen molar-refractivity contribution in [1.82, 2.24) is 19.9 Å². The molecule has 0 aliphatic carbocycles. The second-order valence-corrected chi connectivity index (χ2v) is 6.90. The molecule has 0 aliphatic rings. The Hall–Kier alpha value is -3.32. The largest absolute Gasteiger partial charge is 0.497 e. The summed E-state index contributed by atoms with van der Waals surface area (Å²) in [6, 6.07) is 13.8. The van der Waals surface area contributed by atoms with Crippen LogP contribution in [0.25, 0.3) is 21.8 Å². The molecule has 7 nitrogen and oxygen atoms in total. The molecule has 2 aromatic carbocycles. The summed E-state index contributed by atoms with van der Waals surface area (Å²) in [5, 5.41) is 1.83. The van der Waals surface area contributed by atoms with Crippen LogP contribution in [-0.2, 0) is 0 Å². The maximum Gasteiger partial charge on any atom is 0.320 e. The fourth-order valence-electron chi connectivity index (χ4n) is 3.34. The van der Waals surface area contributed by atoms with E-state index in [2.05, 4.69) is 33.7 Å². The fourth-order valence-corrected chi connectivity index (χ4v) is 3.34. The molecule has 0 atom stereocenters. The van der Waals surface area contributed by atoms with Crippen molar-refractivity contribution in [3.05, 3.63) is 48.7 Å². The molecule has 156 valence electrons. The van der Waals surface area contributed by atoms with Gasteiger partial charge in [-0.25, -0.2) is 0 Å². The number of aromatic amines is 1. The van der Waals surface area contributed by atoms with Gasteiger partial charge in [-0.1, -0.05) is 13.8 Å². The number of nitrogens with one attached hydrogen (secondary N) is 1. The van der Waals surface area contributed by atoms with Gasteiger partial charge in [-0.15, -0.1) is 0 Å². The monoisotopic (exact) mass is 406 g/mol. The van der Waals surface area contributed by atoms with Crippen LogP contribution in [0, 0.1) is 0 Å². The molecule has 0 bridgehead atoms. The Kier molecular flexibility index (Phi) is 5.99. The van der Waals surface area contributed by atoms with E-state index in [-0.39, 0.29) is 0 Å². The van der Waals surface area contributed by atoms with E-state index in [1.807, 2.05) is 48.7 Å². The third kappa shape index (κ3) is 4.31. The van der Waals surface area contributed by atoms with Crippen LogP contribution < -0.4 is 14.2 Å². The first kappa shape index (κ1) is 20.0. The van der Waals surface area contributed by atoms with Crippen LogP contribution in [0.3, 0.4) is 0 Å². The van der Waals surface area contributed by atoms with Crippen LogP contribution in [0.1, 0.15) is 13.8 Å². The molecule has 0 saturated heterocycles. The number of hydrogen-bond acceptors (Lipinski definition) is 6. The van der Waals surface area contributed by atoms with E-state index >= 15 is 0 Å². The summed E-state index contributed by atoms with van der Waals surface area (Å²) in [6.07, 6.45) is 1.90. The number of methoxy groups -OCH3 is 1. The van der Waals surface area contributed by atoms with Crippen molar-refractivity contribution in [2.45, 2.75) is 13.8 Å². The topological polar surface area (TPSA) is 72.5 Å². The summed E-state index contributed by atoms with van der Waals surface area (Å²) in [5.74, 6) is 1.85. The zero-order chi connectivity index (χ0) is 20.9. The van der Waals surface area contributed by atoms with E-state index in [9.17, 15) is 0 Å². The van der Waals surface area contributed by atoms with Gasteiger partial charge in [-0.2, -0.15) is 9.97 Å². The van der Waals surface area contributed by atoms with Gasteiger partial charge in [0.15, 0.2) is 0 Å². The van der Waals surface area contributed by atoms with E-state index in [0.29, 0.717) is 30.0 Å². The van der Waals surface area contributed by atoms with Crippen molar-refractivity contribution >= 4 is 21.8 Å². The molecule has 0 fully saturated rings. The molecule has 2 aromatic heterocycles. The smallest absolute Gasteiger partial charge is 0.320 e. The highest BCUT2D eigenvalue weighted by atomic mass is 16.5. The SMILES string of the molecule is CCN(CC)CCOc1nc(Oc2ccc3[nH]ccc3c2)c2cc(OC)ccc2n1. The van der Waals surface area contributed by atoms with Crippen molar-refractivity contribution in [3.63, 3.8) is 0 Å². The lowest BCUT2D eigenvalue weighted by molar-refractivity contribution is 0.212. The van der Waals surface area contributed by atoms with Crippen LogP contribution in [0.5, 0.6) is 23.4 Å². The van der Waals surface area contributed by atoms with Gasteiger partial charge in [0.25, 0.3) is 0 Å². The number of H-pyrrole nitrogens is 1. The highest BCUT2D eigenvalue weighted by Gasteiger charge is 2.13. The summed E-state index contributed by atoms with van der Waals surface area (Å²) >= 11 is 0. The molecule has 0 saturated carbocycles. The van der Waals surface area contributed by atoms with Gasteiger partial charge >= 0.3 is 6.01 Å². The Balaban J connectivity index is 1.65. The molecule has 0 unspecified atom stereocenters. The Morgan fingerprint density at radius 2 is 1.80 bits per heavy atom. The van der Waals surface area contributed by atoms with E-state index in [0.717, 1.165) is 41.4 Å². The molecule has 7 heteroatoms. The van der Waals surface area contributed by atoms with Crippen molar-refractivity contribution < 1.29 is 14.2 Å². The van der Waals surface area contributed by atoms with Gasteiger partial charge in [0, 0.05) is 23.6 Å². The van der Waals surface area contributed by atoms with Crippen molar-refractivity contribution in [2.24, 2.45) is 0 Å². The van der Waals surface area contributed by atoms with E-state index < -0.39 is 0 Å². The Morgan fingerprint density at radius 3 is 2.60 bits per heavy atom. The summed E-state index contributed by atoms with van der Waals surface area (Å²) < 4.78 is 17.4. The molecule has 0 aliphatic heterocycles. The van der Waals surface area contributed by atoms with Crippen LogP contribution >= 0.6 is 0 Å². The van der Waals surface area contributed by atoms with Crippen molar-refractivity contribution in [3.8, 4) is 23.4 Å². The minimum atomic E-state index is 0.303. The molecule has 4 rings (SSSR count). The number of rotatable bonds is 9.